The second kappa shape index (κ2) is 5.39. The van der Waals surface area contributed by atoms with Crippen LogP contribution >= 0.6 is 0 Å². The third kappa shape index (κ3) is 2.60. The zero-order valence-corrected chi connectivity index (χ0v) is 12.4. The summed E-state index contributed by atoms with van der Waals surface area (Å²) in [5.41, 5.74) is -0.447. The number of halogens is 3. The quantitative estimate of drug-likeness (QED) is 0.774. The topological polar surface area (TPSA) is 56.8 Å². The Morgan fingerprint density at radius 3 is 2.57 bits per heavy atom. The summed E-state index contributed by atoms with van der Waals surface area (Å²) < 4.78 is 37.6. The number of carbonyl (C=O) groups is 2. The summed E-state index contributed by atoms with van der Waals surface area (Å²) in [5, 5.41) is 0. The maximum absolute atomic E-state index is 12.5. The summed E-state index contributed by atoms with van der Waals surface area (Å²) in [6.45, 7) is 3.10. The second-order valence-corrected chi connectivity index (χ2v) is 5.42. The van der Waals surface area contributed by atoms with Gasteiger partial charge >= 0.3 is 12.2 Å². The predicted octanol–water partition coefficient (Wildman–Crippen LogP) is 1.57. The molecule has 0 radical (unpaired) electrons. The summed E-state index contributed by atoms with van der Waals surface area (Å²) in [4.78, 5) is 32.2. The highest BCUT2D eigenvalue weighted by Crippen LogP contribution is 2.30. The molecule has 2 aliphatic rings. The van der Waals surface area contributed by atoms with Crippen molar-refractivity contribution in [2.24, 2.45) is 0 Å². The third-order valence-corrected chi connectivity index (χ3v) is 4.13. The Hall–Kier alpha value is -2.32. The Balaban J connectivity index is 1.77. The monoisotopic (exact) mass is 328 g/mol. The van der Waals surface area contributed by atoms with Gasteiger partial charge in [0.1, 0.15) is 11.7 Å². The third-order valence-electron chi connectivity index (χ3n) is 4.13. The van der Waals surface area contributed by atoms with E-state index in [9.17, 15) is 22.8 Å². The van der Waals surface area contributed by atoms with Crippen molar-refractivity contribution in [1.29, 1.82) is 0 Å². The van der Waals surface area contributed by atoms with Crippen molar-refractivity contribution >= 4 is 17.6 Å². The molecule has 3 rings (SSSR count). The smallest absolute Gasteiger partial charge is 0.366 e. The molecule has 0 saturated carbocycles. The number of likely N-dealkylation sites (N-methyl/N-ethyl adjacent to an activating group) is 1. The summed E-state index contributed by atoms with van der Waals surface area (Å²) in [5.74, 6) is -0.262. The predicted molar refractivity (Wildman–Crippen MR) is 74.7 cm³/mol. The van der Waals surface area contributed by atoms with E-state index in [1.807, 2.05) is 0 Å². The fourth-order valence-electron chi connectivity index (χ4n) is 2.92. The number of carbonyl (C=O) groups excluding carboxylic acids is 2. The number of hydrogen-bond donors (Lipinski definition) is 0. The van der Waals surface area contributed by atoms with Gasteiger partial charge < -0.3 is 9.80 Å². The molecule has 0 bridgehead atoms. The van der Waals surface area contributed by atoms with Gasteiger partial charge in [-0.15, -0.1) is 0 Å². The van der Waals surface area contributed by atoms with Crippen molar-refractivity contribution < 1.29 is 22.8 Å². The largest absolute Gasteiger partial charge is 0.433 e. The highest BCUT2D eigenvalue weighted by molar-refractivity contribution is 6.04. The molecule has 3 amide bonds. The van der Waals surface area contributed by atoms with Gasteiger partial charge in [0.2, 0.25) is 0 Å². The Kier molecular flexibility index (Phi) is 3.65. The molecule has 0 N–H and O–H groups in total. The van der Waals surface area contributed by atoms with E-state index in [-0.39, 0.29) is 18.5 Å². The normalized spacial score (nSPS) is 21.9. The first-order chi connectivity index (χ1) is 10.8. The van der Waals surface area contributed by atoms with Crippen molar-refractivity contribution in [3.8, 4) is 0 Å². The van der Waals surface area contributed by atoms with E-state index in [0.29, 0.717) is 25.3 Å². The van der Waals surface area contributed by atoms with Crippen molar-refractivity contribution in [3.05, 3.63) is 24.0 Å². The minimum atomic E-state index is -4.48. The minimum absolute atomic E-state index is 0.258. The number of nitrogens with zero attached hydrogens (tertiary/aromatic N) is 4. The van der Waals surface area contributed by atoms with Crippen LogP contribution in [0.25, 0.3) is 0 Å². The molecule has 1 aromatic heterocycles. The molecule has 0 aromatic carbocycles. The second-order valence-electron chi connectivity index (χ2n) is 5.42. The molecule has 23 heavy (non-hydrogen) atoms. The maximum atomic E-state index is 12.5. The lowest BCUT2D eigenvalue weighted by Crippen LogP contribution is -2.53. The number of anilines is 1. The summed E-state index contributed by atoms with van der Waals surface area (Å²) in [7, 11) is 0. The van der Waals surface area contributed by atoms with Crippen LogP contribution in [0.2, 0.25) is 0 Å². The molecule has 1 aromatic rings. The molecule has 2 saturated heterocycles. The lowest BCUT2D eigenvalue weighted by molar-refractivity contribution is -0.141. The zero-order valence-electron chi connectivity index (χ0n) is 12.4. The number of alkyl halides is 3. The lowest BCUT2D eigenvalue weighted by atomic mass is 10.1. The highest BCUT2D eigenvalue weighted by atomic mass is 19.4. The van der Waals surface area contributed by atoms with Crippen LogP contribution in [-0.2, 0) is 11.0 Å². The molecule has 9 heteroatoms. The average Bonchev–Trinajstić information content (AvgIpc) is 2.77. The molecule has 3 heterocycles. The zero-order chi connectivity index (χ0) is 16.8. The van der Waals surface area contributed by atoms with E-state index >= 15 is 0 Å². The van der Waals surface area contributed by atoms with Crippen LogP contribution < -0.4 is 4.90 Å². The van der Waals surface area contributed by atoms with Gasteiger partial charge in [-0.3, -0.25) is 9.69 Å². The van der Waals surface area contributed by atoms with Gasteiger partial charge in [0.05, 0.1) is 11.9 Å². The van der Waals surface area contributed by atoms with Crippen molar-refractivity contribution in [2.45, 2.75) is 19.1 Å². The molecular formula is C14H15F3N4O2. The molecule has 124 valence electrons. The van der Waals surface area contributed by atoms with E-state index < -0.39 is 17.9 Å². The van der Waals surface area contributed by atoms with Crippen LogP contribution in [0.15, 0.2) is 18.3 Å². The molecule has 1 unspecified atom stereocenters. The van der Waals surface area contributed by atoms with Crippen LogP contribution in [0.1, 0.15) is 12.6 Å². The number of imide groups is 1. The van der Waals surface area contributed by atoms with E-state index in [2.05, 4.69) is 4.98 Å². The first-order valence-electron chi connectivity index (χ1n) is 7.23. The van der Waals surface area contributed by atoms with E-state index in [0.717, 1.165) is 12.3 Å². The Labute approximate surface area is 130 Å². The van der Waals surface area contributed by atoms with Gasteiger partial charge in [0.15, 0.2) is 0 Å². The summed E-state index contributed by atoms with van der Waals surface area (Å²) in [6.07, 6.45) is -3.33. The molecule has 1 atom stereocenters. The highest BCUT2D eigenvalue weighted by Gasteiger charge is 2.47. The van der Waals surface area contributed by atoms with E-state index in [1.165, 1.54) is 15.9 Å². The molecule has 2 aliphatic heterocycles. The number of pyridine rings is 1. The van der Waals surface area contributed by atoms with Crippen LogP contribution in [0.4, 0.5) is 23.7 Å². The number of aromatic nitrogens is 1. The van der Waals surface area contributed by atoms with Crippen molar-refractivity contribution in [2.75, 3.05) is 31.1 Å². The fourth-order valence-corrected chi connectivity index (χ4v) is 2.92. The van der Waals surface area contributed by atoms with E-state index in [1.54, 1.807) is 11.8 Å². The number of hydrogen-bond acceptors (Lipinski definition) is 4. The Morgan fingerprint density at radius 2 is 2.00 bits per heavy atom. The number of urea groups is 1. The van der Waals surface area contributed by atoms with Crippen LogP contribution in [0, 0.1) is 0 Å². The van der Waals surface area contributed by atoms with Gasteiger partial charge in [0.25, 0.3) is 5.91 Å². The van der Waals surface area contributed by atoms with Gasteiger partial charge in [-0.1, -0.05) is 0 Å². The van der Waals surface area contributed by atoms with E-state index in [4.69, 9.17) is 0 Å². The molecule has 6 nitrogen and oxygen atoms in total. The lowest BCUT2D eigenvalue weighted by Gasteiger charge is -2.36. The summed E-state index contributed by atoms with van der Waals surface area (Å²) >= 11 is 0. The molecule has 2 fully saturated rings. The SMILES string of the molecule is CCN1C(=O)C2CN(c3ccc(C(F)(F)F)nc3)CCN2C1=O. The first kappa shape index (κ1) is 15.6. The number of rotatable bonds is 2. The molecular weight excluding hydrogens is 313 g/mol. The summed E-state index contributed by atoms with van der Waals surface area (Å²) in [6, 6.07) is 1.37. The Morgan fingerprint density at radius 1 is 1.26 bits per heavy atom. The fraction of sp³-hybridized carbons (Fsp3) is 0.500. The number of amides is 3. The van der Waals surface area contributed by atoms with Crippen molar-refractivity contribution in [3.63, 3.8) is 0 Å². The first-order valence-corrected chi connectivity index (χ1v) is 7.23. The number of piperazine rings is 1. The number of fused-ring (bicyclic) bond motifs is 1. The van der Waals surface area contributed by atoms with Crippen molar-refractivity contribution in [1.82, 2.24) is 14.8 Å². The van der Waals surface area contributed by atoms with Gasteiger partial charge in [-0.25, -0.2) is 9.78 Å². The molecule has 0 aliphatic carbocycles. The van der Waals surface area contributed by atoms with Crippen LogP contribution in [0.5, 0.6) is 0 Å². The van der Waals surface area contributed by atoms with Gasteiger partial charge in [0, 0.05) is 26.2 Å². The van der Waals surface area contributed by atoms with Crippen LogP contribution in [0.3, 0.4) is 0 Å². The Bertz CT molecular complexity index is 632. The van der Waals surface area contributed by atoms with Gasteiger partial charge in [-0.2, -0.15) is 13.2 Å². The maximum Gasteiger partial charge on any atom is 0.433 e. The molecule has 0 spiro atoms. The standard InChI is InChI=1S/C14H15F3N4O2/c1-2-20-12(22)10-8-19(5-6-21(10)13(20)23)9-3-4-11(18-7-9)14(15,16)17/h3-4,7,10H,2,5-6,8H2,1H3. The minimum Gasteiger partial charge on any atom is -0.366 e. The van der Waals surface area contributed by atoms with Gasteiger partial charge in [-0.05, 0) is 19.1 Å². The average molecular weight is 328 g/mol. The van der Waals surface area contributed by atoms with Crippen LogP contribution in [-0.4, -0.2) is 58.9 Å².